The number of rotatable bonds is 4. The van der Waals surface area contributed by atoms with Crippen molar-refractivity contribution in [2.24, 2.45) is 0 Å². The maximum Gasteiger partial charge on any atom is 0.222 e. The standard InChI is InChI=1S/C17H18N6O3/c1-11(24)21-15-5-13-12(6-19-15)7-20-23(13)16-9-18-8-14(22-16)17(25-2)3-4-26-10-17/h5-9H,3-4,10H2,1-2H3,(H,19,21,24). The lowest BCUT2D eigenvalue weighted by Crippen LogP contribution is -2.30. The number of hydrogen-bond acceptors (Lipinski definition) is 7. The lowest BCUT2D eigenvalue weighted by Gasteiger charge is -2.24. The molecule has 26 heavy (non-hydrogen) atoms. The van der Waals surface area contributed by atoms with Crippen LogP contribution >= 0.6 is 0 Å². The van der Waals surface area contributed by atoms with Crippen LogP contribution in [-0.4, -0.2) is 51.0 Å². The number of carbonyl (C=O) groups excluding carboxylic acids is 1. The number of hydrogen-bond donors (Lipinski definition) is 1. The van der Waals surface area contributed by atoms with Gasteiger partial charge in [-0.2, -0.15) is 5.10 Å². The van der Waals surface area contributed by atoms with E-state index in [-0.39, 0.29) is 5.91 Å². The van der Waals surface area contributed by atoms with Crippen molar-refractivity contribution >= 4 is 22.6 Å². The van der Waals surface area contributed by atoms with Crippen molar-refractivity contribution < 1.29 is 14.3 Å². The first-order valence-corrected chi connectivity index (χ1v) is 8.18. The van der Waals surface area contributed by atoms with Crippen LogP contribution in [0.25, 0.3) is 16.7 Å². The van der Waals surface area contributed by atoms with Gasteiger partial charge in [0.15, 0.2) is 5.82 Å². The van der Waals surface area contributed by atoms with Gasteiger partial charge in [0, 0.05) is 44.7 Å². The summed E-state index contributed by atoms with van der Waals surface area (Å²) in [7, 11) is 1.65. The highest BCUT2D eigenvalue weighted by atomic mass is 16.5. The number of nitrogens with one attached hydrogen (secondary N) is 1. The number of ether oxygens (including phenoxy) is 2. The normalized spacial score (nSPS) is 19.8. The van der Waals surface area contributed by atoms with Gasteiger partial charge in [-0.25, -0.2) is 14.6 Å². The molecular formula is C17H18N6O3. The molecule has 3 aromatic heterocycles. The van der Waals surface area contributed by atoms with Crippen molar-refractivity contribution in [1.29, 1.82) is 0 Å². The Morgan fingerprint density at radius 1 is 1.35 bits per heavy atom. The van der Waals surface area contributed by atoms with E-state index < -0.39 is 5.60 Å². The highest BCUT2D eigenvalue weighted by Crippen LogP contribution is 2.32. The molecule has 1 amide bonds. The van der Waals surface area contributed by atoms with E-state index in [1.54, 1.807) is 42.6 Å². The fourth-order valence-electron chi connectivity index (χ4n) is 3.04. The fourth-order valence-corrected chi connectivity index (χ4v) is 3.04. The number of methoxy groups -OCH3 is 1. The van der Waals surface area contributed by atoms with E-state index in [0.717, 1.165) is 17.3 Å². The third-order valence-corrected chi connectivity index (χ3v) is 4.44. The molecule has 9 heteroatoms. The quantitative estimate of drug-likeness (QED) is 0.756. The number of anilines is 1. The smallest absolute Gasteiger partial charge is 0.222 e. The first-order valence-electron chi connectivity index (χ1n) is 8.18. The molecule has 1 fully saturated rings. The Kier molecular flexibility index (Phi) is 4.09. The average Bonchev–Trinajstić information content (AvgIpc) is 3.29. The van der Waals surface area contributed by atoms with Crippen molar-refractivity contribution in [1.82, 2.24) is 24.7 Å². The Bertz CT molecular complexity index is 964. The second kappa shape index (κ2) is 6.43. The molecule has 1 aliphatic rings. The molecule has 0 bridgehead atoms. The molecule has 0 radical (unpaired) electrons. The third kappa shape index (κ3) is 2.80. The van der Waals surface area contributed by atoms with E-state index in [1.807, 2.05) is 0 Å². The van der Waals surface area contributed by atoms with Gasteiger partial charge in [0.2, 0.25) is 5.91 Å². The minimum absolute atomic E-state index is 0.187. The summed E-state index contributed by atoms with van der Waals surface area (Å²) < 4.78 is 12.9. The summed E-state index contributed by atoms with van der Waals surface area (Å²) in [6.45, 7) is 2.50. The molecule has 0 aromatic carbocycles. The van der Waals surface area contributed by atoms with Gasteiger partial charge in [-0.1, -0.05) is 0 Å². The summed E-state index contributed by atoms with van der Waals surface area (Å²) in [6, 6.07) is 1.75. The molecule has 0 spiro atoms. The summed E-state index contributed by atoms with van der Waals surface area (Å²) in [5.74, 6) is 0.821. The molecule has 134 valence electrons. The molecule has 0 aliphatic carbocycles. The van der Waals surface area contributed by atoms with Crippen LogP contribution in [0.15, 0.2) is 30.9 Å². The molecule has 1 N–H and O–H groups in total. The highest BCUT2D eigenvalue weighted by Gasteiger charge is 2.38. The first kappa shape index (κ1) is 16.6. The van der Waals surface area contributed by atoms with E-state index >= 15 is 0 Å². The minimum atomic E-state index is -0.588. The second-order valence-corrected chi connectivity index (χ2v) is 6.13. The van der Waals surface area contributed by atoms with Gasteiger partial charge in [-0.3, -0.25) is 9.78 Å². The van der Waals surface area contributed by atoms with E-state index in [4.69, 9.17) is 14.5 Å². The van der Waals surface area contributed by atoms with Gasteiger partial charge < -0.3 is 14.8 Å². The van der Waals surface area contributed by atoms with E-state index in [9.17, 15) is 4.79 Å². The highest BCUT2D eigenvalue weighted by molar-refractivity contribution is 5.90. The van der Waals surface area contributed by atoms with Crippen LogP contribution in [0.4, 0.5) is 5.82 Å². The fraction of sp³-hybridized carbons (Fsp3) is 0.353. The zero-order valence-corrected chi connectivity index (χ0v) is 14.5. The average molecular weight is 354 g/mol. The van der Waals surface area contributed by atoms with Gasteiger partial charge in [-0.15, -0.1) is 0 Å². The summed E-state index contributed by atoms with van der Waals surface area (Å²) in [5, 5.41) is 7.89. The molecule has 1 saturated heterocycles. The van der Waals surface area contributed by atoms with Crippen LogP contribution in [0.3, 0.4) is 0 Å². The minimum Gasteiger partial charge on any atom is -0.378 e. The van der Waals surface area contributed by atoms with Gasteiger partial charge >= 0.3 is 0 Å². The second-order valence-electron chi connectivity index (χ2n) is 6.13. The summed E-state index contributed by atoms with van der Waals surface area (Å²) in [4.78, 5) is 24.5. The Morgan fingerprint density at radius 2 is 2.23 bits per heavy atom. The van der Waals surface area contributed by atoms with Crippen molar-refractivity contribution in [2.75, 3.05) is 25.6 Å². The predicted molar refractivity (Wildman–Crippen MR) is 92.9 cm³/mol. The number of fused-ring (bicyclic) bond motifs is 1. The van der Waals surface area contributed by atoms with Crippen LogP contribution < -0.4 is 5.32 Å². The van der Waals surface area contributed by atoms with Crippen LogP contribution in [-0.2, 0) is 19.9 Å². The van der Waals surface area contributed by atoms with Gasteiger partial charge in [0.05, 0.1) is 36.4 Å². The van der Waals surface area contributed by atoms with E-state index in [1.165, 1.54) is 6.92 Å². The molecule has 1 aliphatic heterocycles. The van der Waals surface area contributed by atoms with Crippen LogP contribution in [0.2, 0.25) is 0 Å². The number of carbonyl (C=O) groups is 1. The lowest BCUT2D eigenvalue weighted by molar-refractivity contribution is -0.114. The SMILES string of the molecule is COC1(c2cncc(-n3ncc4cnc(NC(C)=O)cc43)n2)CCOC1. The molecule has 4 heterocycles. The number of pyridine rings is 1. The molecule has 0 saturated carbocycles. The number of nitrogens with zero attached hydrogens (tertiary/aromatic N) is 5. The third-order valence-electron chi connectivity index (χ3n) is 4.44. The summed E-state index contributed by atoms with van der Waals surface area (Å²) in [6.07, 6.45) is 7.39. The zero-order chi connectivity index (χ0) is 18.1. The van der Waals surface area contributed by atoms with Crippen molar-refractivity contribution in [3.63, 3.8) is 0 Å². The van der Waals surface area contributed by atoms with Gasteiger partial charge in [-0.05, 0) is 0 Å². The molecule has 1 unspecified atom stereocenters. The first-order chi connectivity index (χ1) is 12.6. The number of aromatic nitrogens is 5. The summed E-state index contributed by atoms with van der Waals surface area (Å²) in [5.41, 5.74) is 0.883. The molecule has 9 nitrogen and oxygen atoms in total. The predicted octanol–water partition coefficient (Wildman–Crippen LogP) is 1.43. The lowest BCUT2D eigenvalue weighted by atomic mass is 9.99. The van der Waals surface area contributed by atoms with Crippen LogP contribution in [0.1, 0.15) is 19.0 Å². The van der Waals surface area contributed by atoms with E-state index in [0.29, 0.717) is 30.5 Å². The van der Waals surface area contributed by atoms with Gasteiger partial charge in [0.1, 0.15) is 11.4 Å². The van der Waals surface area contributed by atoms with Crippen molar-refractivity contribution in [3.8, 4) is 5.82 Å². The Morgan fingerprint density at radius 3 is 2.96 bits per heavy atom. The maximum absolute atomic E-state index is 11.3. The molecule has 1 atom stereocenters. The Balaban J connectivity index is 1.78. The summed E-state index contributed by atoms with van der Waals surface area (Å²) >= 11 is 0. The Labute approximate surface area is 149 Å². The molecule has 3 aromatic rings. The van der Waals surface area contributed by atoms with E-state index in [2.05, 4.69) is 20.4 Å². The number of amides is 1. The maximum atomic E-state index is 11.3. The van der Waals surface area contributed by atoms with Crippen molar-refractivity contribution in [2.45, 2.75) is 18.9 Å². The van der Waals surface area contributed by atoms with Crippen LogP contribution in [0, 0.1) is 0 Å². The topological polar surface area (TPSA) is 104 Å². The zero-order valence-electron chi connectivity index (χ0n) is 14.5. The van der Waals surface area contributed by atoms with Crippen molar-refractivity contribution in [3.05, 3.63) is 36.5 Å². The molecule has 4 rings (SSSR count). The monoisotopic (exact) mass is 354 g/mol. The molecular weight excluding hydrogens is 336 g/mol. The van der Waals surface area contributed by atoms with Gasteiger partial charge in [0.25, 0.3) is 0 Å². The largest absolute Gasteiger partial charge is 0.378 e. The Hall–Kier alpha value is -2.91. The van der Waals surface area contributed by atoms with Crippen LogP contribution in [0.5, 0.6) is 0 Å².